The first-order chi connectivity index (χ1) is 12.2. The third kappa shape index (κ3) is 3.75. The van der Waals surface area contributed by atoms with E-state index in [4.69, 9.17) is 4.74 Å². The molecule has 0 unspecified atom stereocenters. The zero-order chi connectivity index (χ0) is 17.2. The average Bonchev–Trinajstić information content (AvgIpc) is 2.85. The largest absolute Gasteiger partial charge is 0.381 e. The summed E-state index contributed by atoms with van der Waals surface area (Å²) >= 11 is 0. The Morgan fingerprint density at radius 2 is 2.00 bits per heavy atom. The quantitative estimate of drug-likeness (QED) is 0.832. The molecule has 25 heavy (non-hydrogen) atoms. The molecule has 0 N–H and O–H groups in total. The third-order valence-electron chi connectivity index (χ3n) is 6.24. The molecule has 4 aliphatic heterocycles. The Labute approximate surface area is 150 Å². The van der Waals surface area contributed by atoms with E-state index in [9.17, 15) is 4.79 Å². The molecule has 4 saturated heterocycles. The highest BCUT2D eigenvalue weighted by Crippen LogP contribution is 2.31. The van der Waals surface area contributed by atoms with E-state index in [-0.39, 0.29) is 0 Å². The van der Waals surface area contributed by atoms with Crippen LogP contribution in [0.1, 0.15) is 37.8 Å². The van der Waals surface area contributed by atoms with Crippen molar-refractivity contribution in [2.75, 3.05) is 32.8 Å². The summed E-state index contributed by atoms with van der Waals surface area (Å²) in [5.74, 6) is 0.940. The molecule has 138 valence electrons. The zero-order valence-corrected chi connectivity index (χ0v) is 15.3. The van der Waals surface area contributed by atoms with Gasteiger partial charge >= 0.3 is 0 Å². The van der Waals surface area contributed by atoms with Gasteiger partial charge in [0.15, 0.2) is 0 Å². The lowest BCUT2D eigenvalue weighted by Gasteiger charge is -2.37. The molecular formula is C19H30N4O2. The Morgan fingerprint density at radius 1 is 1.16 bits per heavy atom. The maximum atomic E-state index is 12.9. The van der Waals surface area contributed by atoms with Gasteiger partial charge < -0.3 is 9.64 Å². The number of aryl methyl sites for hydroxylation is 2. The van der Waals surface area contributed by atoms with Gasteiger partial charge in [-0.15, -0.1) is 0 Å². The van der Waals surface area contributed by atoms with Crippen LogP contribution in [0.2, 0.25) is 0 Å². The smallest absolute Gasteiger partial charge is 0.224 e. The number of ether oxygens (including phenoxy) is 1. The fourth-order valence-corrected chi connectivity index (χ4v) is 4.75. The number of aromatic nitrogens is 2. The van der Waals surface area contributed by atoms with E-state index in [0.29, 0.717) is 36.9 Å². The summed E-state index contributed by atoms with van der Waals surface area (Å²) < 4.78 is 7.46. The molecule has 6 heteroatoms. The van der Waals surface area contributed by atoms with E-state index in [0.717, 1.165) is 57.8 Å². The highest BCUT2D eigenvalue weighted by Gasteiger charge is 2.39. The molecular weight excluding hydrogens is 316 g/mol. The van der Waals surface area contributed by atoms with Crippen LogP contribution in [0.25, 0.3) is 0 Å². The molecule has 4 fully saturated rings. The Balaban J connectivity index is 1.38. The van der Waals surface area contributed by atoms with Crippen molar-refractivity contribution in [2.45, 2.75) is 57.7 Å². The molecule has 6 nitrogen and oxygen atoms in total. The van der Waals surface area contributed by atoms with Gasteiger partial charge in [-0.3, -0.25) is 14.4 Å². The Bertz CT molecular complexity index is 596. The van der Waals surface area contributed by atoms with Crippen LogP contribution in [-0.2, 0) is 16.1 Å². The first kappa shape index (κ1) is 17.0. The van der Waals surface area contributed by atoms with Gasteiger partial charge in [0.1, 0.15) is 0 Å². The van der Waals surface area contributed by atoms with Gasteiger partial charge in [-0.1, -0.05) is 0 Å². The molecule has 0 saturated carbocycles. The predicted molar refractivity (Wildman–Crippen MR) is 95.2 cm³/mol. The number of hydrogen-bond acceptors (Lipinski definition) is 4. The normalized spacial score (nSPS) is 28.3. The van der Waals surface area contributed by atoms with Crippen LogP contribution >= 0.6 is 0 Å². The summed E-state index contributed by atoms with van der Waals surface area (Å²) in [6, 6.07) is 3.04. The van der Waals surface area contributed by atoms with Crippen LogP contribution in [0.5, 0.6) is 0 Å². The van der Waals surface area contributed by atoms with Crippen molar-refractivity contribution in [2.24, 2.45) is 5.92 Å². The minimum Gasteiger partial charge on any atom is -0.381 e. The lowest BCUT2D eigenvalue weighted by atomic mass is 9.94. The number of carbonyl (C=O) groups excluding carboxylic acids is 1. The molecule has 2 bridgehead atoms. The van der Waals surface area contributed by atoms with E-state index in [1.54, 1.807) is 6.20 Å². The molecule has 5 heterocycles. The van der Waals surface area contributed by atoms with Crippen molar-refractivity contribution in [3.63, 3.8) is 0 Å². The second-order valence-corrected chi connectivity index (χ2v) is 7.89. The van der Waals surface area contributed by atoms with E-state index < -0.39 is 0 Å². The fourth-order valence-electron chi connectivity index (χ4n) is 4.75. The van der Waals surface area contributed by atoms with Crippen molar-refractivity contribution < 1.29 is 9.53 Å². The number of carbonyl (C=O) groups is 1. The Morgan fingerprint density at radius 3 is 2.76 bits per heavy atom. The molecule has 1 amide bonds. The number of amides is 1. The number of nitrogens with zero attached hydrogens (tertiary/aromatic N) is 4. The molecule has 0 spiro atoms. The van der Waals surface area contributed by atoms with Gasteiger partial charge in [-0.05, 0) is 44.6 Å². The van der Waals surface area contributed by atoms with E-state index in [1.165, 1.54) is 6.42 Å². The zero-order valence-electron chi connectivity index (χ0n) is 15.3. The molecule has 4 aliphatic rings. The number of fused-ring (bicyclic) bond motifs is 4. The lowest BCUT2D eigenvalue weighted by molar-refractivity contribution is -0.135. The number of piperidine rings is 1. The molecule has 5 rings (SSSR count). The van der Waals surface area contributed by atoms with Gasteiger partial charge in [-0.2, -0.15) is 5.10 Å². The molecule has 1 aromatic heterocycles. The molecule has 1 aromatic rings. The fraction of sp³-hybridized carbons (Fsp3) is 0.789. The van der Waals surface area contributed by atoms with Crippen LogP contribution < -0.4 is 0 Å². The van der Waals surface area contributed by atoms with Crippen LogP contribution in [-0.4, -0.2) is 70.4 Å². The molecule has 2 atom stereocenters. The van der Waals surface area contributed by atoms with Crippen molar-refractivity contribution in [3.05, 3.63) is 18.0 Å². The summed E-state index contributed by atoms with van der Waals surface area (Å²) in [5.41, 5.74) is 1.12. The van der Waals surface area contributed by atoms with Gasteiger partial charge in [0.05, 0.1) is 0 Å². The first-order valence-electron chi connectivity index (χ1n) is 9.80. The van der Waals surface area contributed by atoms with Crippen molar-refractivity contribution in [3.8, 4) is 0 Å². The first-order valence-corrected chi connectivity index (χ1v) is 9.80. The van der Waals surface area contributed by atoms with Crippen LogP contribution in [0, 0.1) is 12.8 Å². The maximum Gasteiger partial charge on any atom is 0.224 e. The second kappa shape index (κ2) is 7.46. The minimum absolute atomic E-state index is 0.304. The van der Waals surface area contributed by atoms with E-state index in [2.05, 4.69) is 14.9 Å². The second-order valence-electron chi connectivity index (χ2n) is 7.89. The third-order valence-corrected chi connectivity index (χ3v) is 6.24. The summed E-state index contributed by atoms with van der Waals surface area (Å²) in [6.07, 6.45) is 7.09. The van der Waals surface area contributed by atoms with Crippen LogP contribution in [0.3, 0.4) is 0 Å². The van der Waals surface area contributed by atoms with Crippen LogP contribution in [0.4, 0.5) is 0 Å². The Hall–Kier alpha value is -1.40. The SMILES string of the molecule is Cc1ccnn1CCC(=O)N1C[C@H]2CC[C@@H]1CN(C1CCOCC1)C2. The summed E-state index contributed by atoms with van der Waals surface area (Å²) in [5, 5.41) is 4.30. The van der Waals surface area contributed by atoms with Gasteiger partial charge in [0, 0.05) is 69.8 Å². The predicted octanol–water partition coefficient (Wildman–Crippen LogP) is 1.68. The van der Waals surface area contributed by atoms with Gasteiger partial charge in [-0.25, -0.2) is 0 Å². The summed E-state index contributed by atoms with van der Waals surface area (Å²) in [4.78, 5) is 17.7. The number of rotatable bonds is 4. The molecule has 0 aliphatic carbocycles. The van der Waals surface area contributed by atoms with Gasteiger partial charge in [0.2, 0.25) is 5.91 Å². The summed E-state index contributed by atoms with van der Waals surface area (Å²) in [6.45, 7) is 7.66. The Kier molecular flexibility index (Phi) is 5.08. The van der Waals surface area contributed by atoms with E-state index in [1.807, 2.05) is 17.7 Å². The van der Waals surface area contributed by atoms with Gasteiger partial charge in [0.25, 0.3) is 0 Å². The van der Waals surface area contributed by atoms with E-state index >= 15 is 0 Å². The summed E-state index contributed by atoms with van der Waals surface area (Å²) in [7, 11) is 0. The highest BCUT2D eigenvalue weighted by atomic mass is 16.5. The maximum absolute atomic E-state index is 12.9. The standard InChI is InChI=1S/C19H30N4O2/c1-15-4-8-20-23(15)9-5-19(24)22-13-16-2-3-18(22)14-21(12-16)17-6-10-25-11-7-17/h4,8,16-18H,2-3,5-7,9-14H2,1H3/t16-,18+/m0/s1. The van der Waals surface area contributed by atoms with Crippen molar-refractivity contribution >= 4 is 5.91 Å². The number of hydrogen-bond donors (Lipinski definition) is 0. The topological polar surface area (TPSA) is 50.6 Å². The monoisotopic (exact) mass is 346 g/mol. The van der Waals surface area contributed by atoms with Crippen LogP contribution in [0.15, 0.2) is 12.3 Å². The van der Waals surface area contributed by atoms with Crippen molar-refractivity contribution in [1.29, 1.82) is 0 Å². The van der Waals surface area contributed by atoms with Crippen molar-refractivity contribution in [1.82, 2.24) is 19.6 Å². The average molecular weight is 346 g/mol. The lowest BCUT2D eigenvalue weighted by Crippen LogP contribution is -2.48. The molecule has 0 radical (unpaired) electrons. The molecule has 0 aromatic carbocycles. The highest BCUT2D eigenvalue weighted by molar-refractivity contribution is 5.76. The minimum atomic E-state index is 0.304.